The average Bonchev–Trinajstić information content (AvgIpc) is 2.68. The SMILES string of the molecule is CNC(Cn1ncc(Cl)c1C)c1c(C)cc(C)cc1C. The second-order valence-electron chi connectivity index (χ2n) is 5.41. The third-order valence-corrected chi connectivity index (χ3v) is 4.20. The maximum absolute atomic E-state index is 6.08. The maximum atomic E-state index is 6.08. The fraction of sp³-hybridized carbons (Fsp3) is 0.438. The topological polar surface area (TPSA) is 29.9 Å². The van der Waals surface area contributed by atoms with E-state index in [4.69, 9.17) is 11.6 Å². The van der Waals surface area contributed by atoms with Gasteiger partial charge in [0.25, 0.3) is 0 Å². The summed E-state index contributed by atoms with van der Waals surface area (Å²) in [5, 5.41) is 8.47. The average molecular weight is 292 g/mol. The van der Waals surface area contributed by atoms with Crippen molar-refractivity contribution >= 4 is 11.6 Å². The number of rotatable bonds is 4. The van der Waals surface area contributed by atoms with E-state index in [1.165, 1.54) is 22.3 Å². The van der Waals surface area contributed by atoms with Crippen LogP contribution in [0, 0.1) is 27.7 Å². The number of hydrogen-bond acceptors (Lipinski definition) is 2. The van der Waals surface area contributed by atoms with Gasteiger partial charge in [-0.05, 0) is 51.4 Å². The third-order valence-electron chi connectivity index (χ3n) is 3.83. The van der Waals surface area contributed by atoms with E-state index in [1.54, 1.807) is 6.20 Å². The highest BCUT2D eigenvalue weighted by atomic mass is 35.5. The zero-order valence-corrected chi connectivity index (χ0v) is 13.5. The monoisotopic (exact) mass is 291 g/mol. The molecule has 1 unspecified atom stereocenters. The highest BCUT2D eigenvalue weighted by molar-refractivity contribution is 6.31. The van der Waals surface area contributed by atoms with Crippen molar-refractivity contribution in [2.75, 3.05) is 7.05 Å². The molecule has 1 aromatic carbocycles. The van der Waals surface area contributed by atoms with Gasteiger partial charge >= 0.3 is 0 Å². The molecule has 0 spiro atoms. The van der Waals surface area contributed by atoms with Crippen LogP contribution in [0.5, 0.6) is 0 Å². The van der Waals surface area contributed by atoms with Gasteiger partial charge in [-0.1, -0.05) is 29.3 Å². The van der Waals surface area contributed by atoms with Crippen LogP contribution in [0.15, 0.2) is 18.3 Å². The number of benzene rings is 1. The molecule has 0 aliphatic heterocycles. The molecule has 1 heterocycles. The molecule has 0 aliphatic rings. The van der Waals surface area contributed by atoms with Crippen LogP contribution in [-0.2, 0) is 6.54 Å². The summed E-state index contributed by atoms with van der Waals surface area (Å²) in [6.45, 7) is 9.25. The van der Waals surface area contributed by atoms with E-state index < -0.39 is 0 Å². The zero-order chi connectivity index (χ0) is 14.9. The molecule has 2 rings (SSSR count). The first-order valence-electron chi connectivity index (χ1n) is 6.87. The number of halogens is 1. The second kappa shape index (κ2) is 5.98. The number of hydrogen-bond donors (Lipinski definition) is 1. The molecular weight excluding hydrogens is 270 g/mol. The van der Waals surface area contributed by atoms with Gasteiger partial charge in [-0.2, -0.15) is 5.10 Å². The number of nitrogens with zero attached hydrogens (tertiary/aromatic N) is 2. The smallest absolute Gasteiger partial charge is 0.0814 e. The van der Waals surface area contributed by atoms with Crippen LogP contribution < -0.4 is 5.32 Å². The Morgan fingerprint density at radius 2 is 1.80 bits per heavy atom. The van der Waals surface area contributed by atoms with Crippen molar-refractivity contribution in [3.05, 3.63) is 51.3 Å². The summed E-state index contributed by atoms with van der Waals surface area (Å²) in [7, 11) is 1.99. The van der Waals surface area contributed by atoms with Crippen molar-refractivity contribution in [2.45, 2.75) is 40.3 Å². The van der Waals surface area contributed by atoms with E-state index in [0.717, 1.165) is 17.3 Å². The Balaban J connectivity index is 2.36. The van der Waals surface area contributed by atoms with Crippen LogP contribution >= 0.6 is 11.6 Å². The predicted molar refractivity (Wildman–Crippen MR) is 84.4 cm³/mol. The Labute approximate surface area is 126 Å². The van der Waals surface area contributed by atoms with Gasteiger partial charge < -0.3 is 5.32 Å². The molecule has 0 amide bonds. The normalized spacial score (nSPS) is 12.7. The minimum absolute atomic E-state index is 0.227. The number of likely N-dealkylation sites (N-methyl/N-ethyl adjacent to an activating group) is 1. The first kappa shape index (κ1) is 15.1. The molecule has 108 valence electrons. The Kier molecular flexibility index (Phi) is 4.51. The third kappa shape index (κ3) is 2.89. The van der Waals surface area contributed by atoms with Crippen molar-refractivity contribution in [2.24, 2.45) is 0 Å². The lowest BCUT2D eigenvalue weighted by Crippen LogP contribution is -2.24. The van der Waals surface area contributed by atoms with Gasteiger partial charge in [-0.25, -0.2) is 0 Å². The van der Waals surface area contributed by atoms with Crippen molar-refractivity contribution in [1.29, 1.82) is 0 Å². The Morgan fingerprint density at radius 1 is 1.20 bits per heavy atom. The molecule has 3 nitrogen and oxygen atoms in total. The standard InChI is InChI=1S/C16H22ClN3/c1-10-6-11(2)16(12(3)7-10)15(18-5)9-20-13(4)14(17)8-19-20/h6-8,15,18H,9H2,1-5H3. The van der Waals surface area contributed by atoms with Gasteiger partial charge in [0.2, 0.25) is 0 Å². The van der Waals surface area contributed by atoms with Gasteiger partial charge in [-0.3, -0.25) is 4.68 Å². The summed E-state index contributed by atoms with van der Waals surface area (Å²) in [6.07, 6.45) is 1.71. The fourth-order valence-corrected chi connectivity index (χ4v) is 2.99. The van der Waals surface area contributed by atoms with E-state index >= 15 is 0 Å². The lowest BCUT2D eigenvalue weighted by Gasteiger charge is -2.22. The minimum atomic E-state index is 0.227. The molecule has 0 radical (unpaired) electrons. The molecular formula is C16H22ClN3. The molecule has 0 fully saturated rings. The van der Waals surface area contributed by atoms with E-state index in [1.807, 2.05) is 18.7 Å². The molecule has 1 atom stereocenters. The van der Waals surface area contributed by atoms with Crippen molar-refractivity contribution in [3.8, 4) is 0 Å². The van der Waals surface area contributed by atoms with Gasteiger partial charge in [0.15, 0.2) is 0 Å². The molecule has 4 heteroatoms. The van der Waals surface area contributed by atoms with E-state index in [-0.39, 0.29) is 6.04 Å². The molecule has 0 saturated carbocycles. The predicted octanol–water partition coefficient (Wildman–Crippen LogP) is 3.73. The Morgan fingerprint density at radius 3 is 2.25 bits per heavy atom. The van der Waals surface area contributed by atoms with Crippen molar-refractivity contribution in [1.82, 2.24) is 15.1 Å². The quantitative estimate of drug-likeness (QED) is 0.930. The van der Waals surface area contributed by atoms with Crippen LogP contribution in [-0.4, -0.2) is 16.8 Å². The van der Waals surface area contributed by atoms with Gasteiger partial charge in [0.05, 0.1) is 29.5 Å². The summed E-state index contributed by atoms with van der Waals surface area (Å²) in [6, 6.07) is 4.69. The van der Waals surface area contributed by atoms with Crippen LogP contribution in [0.25, 0.3) is 0 Å². The number of aromatic nitrogens is 2. The molecule has 2 aromatic rings. The van der Waals surface area contributed by atoms with Crippen LogP contribution in [0.3, 0.4) is 0 Å². The van der Waals surface area contributed by atoms with Crippen LogP contribution in [0.4, 0.5) is 0 Å². The lowest BCUT2D eigenvalue weighted by molar-refractivity contribution is 0.458. The molecule has 1 aromatic heterocycles. The molecule has 1 N–H and O–H groups in total. The van der Waals surface area contributed by atoms with E-state index in [0.29, 0.717) is 0 Å². The summed E-state index contributed by atoms with van der Waals surface area (Å²) in [4.78, 5) is 0. The van der Waals surface area contributed by atoms with Crippen molar-refractivity contribution < 1.29 is 0 Å². The Hall–Kier alpha value is -1.32. The highest BCUT2D eigenvalue weighted by Gasteiger charge is 2.17. The summed E-state index contributed by atoms with van der Waals surface area (Å²) in [5.41, 5.74) is 6.30. The van der Waals surface area contributed by atoms with E-state index in [2.05, 4.69) is 43.3 Å². The second-order valence-corrected chi connectivity index (χ2v) is 5.82. The van der Waals surface area contributed by atoms with Gasteiger partial charge in [0, 0.05) is 0 Å². The molecule has 20 heavy (non-hydrogen) atoms. The number of nitrogens with one attached hydrogen (secondary N) is 1. The van der Waals surface area contributed by atoms with E-state index in [9.17, 15) is 0 Å². The first-order valence-corrected chi connectivity index (χ1v) is 7.24. The zero-order valence-electron chi connectivity index (χ0n) is 12.8. The summed E-state index contributed by atoms with van der Waals surface area (Å²) >= 11 is 6.08. The first-order chi connectivity index (χ1) is 9.43. The van der Waals surface area contributed by atoms with Gasteiger partial charge in [0.1, 0.15) is 0 Å². The maximum Gasteiger partial charge on any atom is 0.0814 e. The largest absolute Gasteiger partial charge is 0.311 e. The number of aryl methyl sites for hydroxylation is 3. The van der Waals surface area contributed by atoms with Crippen molar-refractivity contribution in [3.63, 3.8) is 0 Å². The van der Waals surface area contributed by atoms with Gasteiger partial charge in [-0.15, -0.1) is 0 Å². The fourth-order valence-electron chi connectivity index (χ4n) is 2.85. The van der Waals surface area contributed by atoms with Crippen LogP contribution in [0.1, 0.15) is 34.0 Å². The summed E-state index contributed by atoms with van der Waals surface area (Å²) < 4.78 is 1.96. The molecule has 0 saturated heterocycles. The van der Waals surface area contributed by atoms with Crippen LogP contribution in [0.2, 0.25) is 5.02 Å². The minimum Gasteiger partial charge on any atom is -0.311 e. The summed E-state index contributed by atoms with van der Waals surface area (Å²) in [5.74, 6) is 0. The molecule has 0 aliphatic carbocycles. The lowest BCUT2D eigenvalue weighted by atomic mass is 9.94. The molecule has 0 bridgehead atoms. The Bertz CT molecular complexity index is 593. The highest BCUT2D eigenvalue weighted by Crippen LogP contribution is 2.25.